The highest BCUT2D eigenvalue weighted by Crippen LogP contribution is 2.72. The van der Waals surface area contributed by atoms with Crippen LogP contribution in [0.2, 0.25) is 0 Å². The first-order valence-electron chi connectivity index (χ1n) is 27.9. The van der Waals surface area contributed by atoms with Crippen molar-refractivity contribution in [2.24, 2.45) is 16.2 Å². The van der Waals surface area contributed by atoms with Gasteiger partial charge in [-0.15, -0.1) is 0 Å². The lowest BCUT2D eigenvalue weighted by Crippen LogP contribution is -2.64. The largest absolute Gasteiger partial charge is 0.478 e. The van der Waals surface area contributed by atoms with E-state index in [1.165, 1.54) is 28.4 Å². The Labute approximate surface area is 471 Å². The number of carbonyl (C=O) groups excluding carboxylic acids is 2. The van der Waals surface area contributed by atoms with Gasteiger partial charge in [0.15, 0.2) is 5.69 Å². The second-order valence-corrected chi connectivity index (χ2v) is 25.5. The van der Waals surface area contributed by atoms with Gasteiger partial charge >= 0.3 is 18.0 Å². The van der Waals surface area contributed by atoms with E-state index >= 15 is 0 Å². The maximum atomic E-state index is 14.4. The van der Waals surface area contributed by atoms with Crippen molar-refractivity contribution in [2.75, 3.05) is 86.8 Å². The minimum absolute atomic E-state index is 0.0233. The van der Waals surface area contributed by atoms with Crippen molar-refractivity contribution in [3.05, 3.63) is 64.1 Å². The summed E-state index contributed by atoms with van der Waals surface area (Å²) in [5.74, 6) is -1.15. The first-order chi connectivity index (χ1) is 37.8. The van der Waals surface area contributed by atoms with E-state index in [4.69, 9.17) is 66.9 Å². The van der Waals surface area contributed by atoms with Crippen molar-refractivity contribution in [3.63, 3.8) is 0 Å². The molecule has 444 valence electrons. The van der Waals surface area contributed by atoms with E-state index in [-0.39, 0.29) is 73.4 Å². The van der Waals surface area contributed by atoms with Crippen LogP contribution in [0.15, 0.2) is 30.5 Å². The van der Waals surface area contributed by atoms with Gasteiger partial charge in [0, 0.05) is 77.9 Å². The van der Waals surface area contributed by atoms with Crippen LogP contribution in [0.1, 0.15) is 137 Å². The molecule has 1 saturated heterocycles. The van der Waals surface area contributed by atoms with Crippen LogP contribution in [0.5, 0.6) is 0 Å². The highest BCUT2D eigenvalue weighted by Gasteiger charge is 2.66. The highest BCUT2D eigenvalue weighted by molar-refractivity contribution is 5.96. The monoisotopic (exact) mass is 1120 g/mol. The van der Waals surface area contributed by atoms with Crippen LogP contribution in [-0.2, 0) is 82.8 Å². The molecule has 6 aliphatic rings. The zero-order chi connectivity index (χ0) is 57.8. The zero-order valence-electron chi connectivity index (χ0n) is 49.4. The lowest BCUT2D eigenvalue weighted by atomic mass is 9.39. The first-order valence-corrected chi connectivity index (χ1v) is 27.9. The number of pyridine rings is 1. The van der Waals surface area contributed by atoms with Gasteiger partial charge in [0.05, 0.1) is 36.7 Å². The van der Waals surface area contributed by atoms with Gasteiger partial charge in [0.1, 0.15) is 68.6 Å². The lowest BCUT2D eigenvalue weighted by Gasteiger charge is -2.69. The quantitative estimate of drug-likeness (QED) is 0.0465. The van der Waals surface area contributed by atoms with Gasteiger partial charge in [-0.25, -0.2) is 19.4 Å². The maximum absolute atomic E-state index is 14.4. The molecule has 2 N–H and O–H groups in total. The zero-order valence-corrected chi connectivity index (χ0v) is 49.4. The van der Waals surface area contributed by atoms with Crippen LogP contribution < -0.4 is 10.2 Å². The molecule has 21 nitrogen and oxygen atoms in total. The number of carbonyl (C=O) groups is 3. The molecule has 21 heteroatoms. The fourth-order valence-corrected chi connectivity index (χ4v) is 14.5. The van der Waals surface area contributed by atoms with Crippen LogP contribution in [0.4, 0.5) is 10.6 Å². The number of carboxylic acids is 1. The van der Waals surface area contributed by atoms with Gasteiger partial charge in [0.25, 0.3) is 0 Å². The summed E-state index contributed by atoms with van der Waals surface area (Å²) in [5.41, 5.74) is 3.26. The van der Waals surface area contributed by atoms with E-state index in [9.17, 15) is 19.5 Å². The molecule has 7 atom stereocenters. The number of rotatable bonds is 25. The summed E-state index contributed by atoms with van der Waals surface area (Å²) in [4.78, 5) is 47.0. The molecule has 4 aliphatic carbocycles. The van der Waals surface area contributed by atoms with E-state index in [2.05, 4.69) is 23.8 Å². The molecule has 1 aromatic carbocycles. The van der Waals surface area contributed by atoms with Gasteiger partial charge in [0.2, 0.25) is 0 Å². The fourth-order valence-electron chi connectivity index (χ4n) is 14.5. The van der Waals surface area contributed by atoms with Crippen molar-refractivity contribution in [3.8, 4) is 11.1 Å². The molecule has 3 unspecified atom stereocenters. The van der Waals surface area contributed by atoms with E-state index in [0.29, 0.717) is 56.0 Å². The molecule has 80 heavy (non-hydrogen) atoms. The second-order valence-electron chi connectivity index (χ2n) is 25.5. The third-order valence-corrected chi connectivity index (χ3v) is 16.0. The summed E-state index contributed by atoms with van der Waals surface area (Å²) in [5, 5.41) is 18.6. The molecule has 0 spiro atoms. The highest BCUT2D eigenvalue weighted by atomic mass is 16.7. The Hall–Kier alpha value is -4.81. The standard InChI is InChI=1S/C59H87N5O16/c1-37-42(23-61-64(37)32-58-27-56(8)26-57(9,28-58)30-59(29-56,31-58)77-21-19-60-53(68)80-55(5,6)7)40-16-17-46(62-47(40)52(67)79-54(2,3)4)63-20-18-39-38(14-15-41(51(65)66)43(39)24-63)22-44-48(74-34-70-11)50(76-36-72-13)49(75-35-71-12)45(78-44)25-73-33-69-10/h14-17,23,44-45,48-50H,18-22,24-36H2,1-13H3,(H,60,68)(H,65,66)/t44?,45-,48+,49-,50-,56?,57?,58?,59?/m0/s1. The number of methoxy groups -OCH3 is 4. The molecule has 2 aliphatic heterocycles. The number of anilines is 1. The van der Waals surface area contributed by atoms with Crippen LogP contribution in [0.3, 0.4) is 0 Å². The first kappa shape index (κ1) is 61.3. The Morgan fingerprint density at radius 3 is 2.02 bits per heavy atom. The Morgan fingerprint density at radius 1 is 0.762 bits per heavy atom. The molecule has 4 saturated carbocycles. The van der Waals surface area contributed by atoms with Crippen LogP contribution in [-0.4, -0.2) is 167 Å². The molecular weight excluding hydrogens is 1030 g/mol. The number of aromatic nitrogens is 3. The van der Waals surface area contributed by atoms with E-state index in [0.717, 1.165) is 60.9 Å². The maximum Gasteiger partial charge on any atom is 0.407 e. The van der Waals surface area contributed by atoms with Gasteiger partial charge in [-0.3, -0.25) is 4.68 Å². The van der Waals surface area contributed by atoms with Crippen LogP contribution in [0, 0.1) is 23.2 Å². The molecule has 9 rings (SSSR count). The van der Waals surface area contributed by atoms with Crippen LogP contribution in [0.25, 0.3) is 11.1 Å². The number of fused-ring (bicyclic) bond motifs is 1. The van der Waals surface area contributed by atoms with Crippen molar-refractivity contribution in [1.29, 1.82) is 0 Å². The van der Waals surface area contributed by atoms with Crippen molar-refractivity contribution in [2.45, 2.75) is 174 Å². The Kier molecular flexibility index (Phi) is 19.1. The van der Waals surface area contributed by atoms with Gasteiger partial charge in [-0.2, -0.15) is 5.10 Å². The van der Waals surface area contributed by atoms with Crippen molar-refractivity contribution in [1.82, 2.24) is 20.1 Å². The smallest absolute Gasteiger partial charge is 0.407 e. The van der Waals surface area contributed by atoms with Gasteiger partial charge < -0.3 is 72.2 Å². The summed E-state index contributed by atoms with van der Waals surface area (Å²) in [6, 6.07) is 7.25. The molecule has 2 aromatic heterocycles. The average molecular weight is 1120 g/mol. The normalized spacial score (nSPS) is 28.2. The number of esters is 1. The summed E-state index contributed by atoms with van der Waals surface area (Å²) in [6.07, 6.45) is 4.75. The van der Waals surface area contributed by atoms with Gasteiger partial charge in [-0.05, 0) is 145 Å². The average Bonchev–Trinajstić information content (AvgIpc) is 3.05. The molecule has 0 radical (unpaired) electrons. The summed E-state index contributed by atoms with van der Waals surface area (Å²) < 4.78 is 73.0. The van der Waals surface area contributed by atoms with Crippen molar-refractivity contribution >= 4 is 23.8 Å². The Balaban J connectivity index is 1.06. The number of alkyl carbamates (subject to hydrolysis) is 1. The molecule has 5 fully saturated rings. The van der Waals surface area contributed by atoms with E-state index < -0.39 is 59.8 Å². The Morgan fingerprint density at radius 2 is 1.40 bits per heavy atom. The lowest BCUT2D eigenvalue weighted by molar-refractivity contribution is -0.297. The predicted molar refractivity (Wildman–Crippen MR) is 293 cm³/mol. The summed E-state index contributed by atoms with van der Waals surface area (Å²) in [6.45, 7) is 19.9. The number of amides is 1. The summed E-state index contributed by atoms with van der Waals surface area (Å²) >= 11 is 0. The number of benzene rings is 1. The second kappa shape index (κ2) is 25.0. The number of nitrogens with zero attached hydrogens (tertiary/aromatic N) is 4. The predicted octanol–water partition coefficient (Wildman–Crippen LogP) is 8.03. The fraction of sp³-hybridized carbons (Fsp3) is 0.712. The topological polar surface area (TPSA) is 228 Å². The minimum Gasteiger partial charge on any atom is -0.478 e. The number of hydrogen-bond acceptors (Lipinski definition) is 18. The number of carboxylic acid groups (broad SMARTS) is 1. The molecule has 4 bridgehead atoms. The number of nitrogens with one attached hydrogen (secondary N) is 1. The van der Waals surface area contributed by atoms with E-state index in [1.54, 1.807) is 6.07 Å². The van der Waals surface area contributed by atoms with Crippen molar-refractivity contribution < 1.29 is 76.3 Å². The molecular formula is C59H87N5O16. The number of aromatic carboxylic acids is 1. The molecule has 4 heterocycles. The third kappa shape index (κ3) is 14.3. The molecule has 1 amide bonds. The number of ether oxygens (including phenoxy) is 12. The molecule has 3 aromatic rings. The van der Waals surface area contributed by atoms with Crippen LogP contribution >= 0.6 is 0 Å². The van der Waals surface area contributed by atoms with E-state index in [1.807, 2.05) is 77.8 Å². The number of hydrogen-bond donors (Lipinski definition) is 2. The summed E-state index contributed by atoms with van der Waals surface area (Å²) in [7, 11) is 6.11. The SMILES string of the molecule is COCOC[C@@H]1OC(Cc2ccc(C(=O)O)c3c2CCN(c2ccc(-c4cnn(CC56CC7(C)CC(C)(C5)CC(OCCNC(=O)OC(C)(C)C)(C7)C6)c4C)c(C(=O)OC(C)(C)C)n2)C3)[C@@H](OCOC)[C@H](OCOC)[C@H]1OCOC. The Bertz CT molecular complexity index is 2630. The van der Waals surface area contributed by atoms with Gasteiger partial charge in [-0.1, -0.05) is 19.9 Å². The third-order valence-electron chi connectivity index (χ3n) is 16.0. The minimum atomic E-state index is -1.07.